The number of methoxy groups -OCH3 is 2. The fourth-order valence-electron chi connectivity index (χ4n) is 4.64. The van der Waals surface area contributed by atoms with Crippen LogP contribution in [0.1, 0.15) is 32.4 Å². The lowest BCUT2D eigenvalue weighted by Crippen LogP contribution is -2.48. The van der Waals surface area contributed by atoms with E-state index in [0.29, 0.717) is 51.1 Å². The van der Waals surface area contributed by atoms with Gasteiger partial charge in [-0.3, -0.25) is 19.4 Å². The van der Waals surface area contributed by atoms with Crippen LogP contribution < -0.4 is 28.7 Å². The van der Waals surface area contributed by atoms with Gasteiger partial charge in [0.2, 0.25) is 6.79 Å². The van der Waals surface area contributed by atoms with E-state index in [-0.39, 0.29) is 18.6 Å². The summed E-state index contributed by atoms with van der Waals surface area (Å²) in [5.41, 5.74) is 2.63. The Morgan fingerprint density at radius 2 is 1.69 bits per heavy atom. The molecule has 2 amide bonds. The Bertz CT molecular complexity index is 1300. The van der Waals surface area contributed by atoms with Gasteiger partial charge in [-0.05, 0) is 30.3 Å². The van der Waals surface area contributed by atoms with Gasteiger partial charge in [0.15, 0.2) is 23.0 Å². The molecule has 3 aromatic rings. The summed E-state index contributed by atoms with van der Waals surface area (Å²) in [6.07, 6.45) is -0.680. The molecule has 32 heavy (non-hydrogen) atoms. The third-order valence-electron chi connectivity index (χ3n) is 6.02. The van der Waals surface area contributed by atoms with Crippen LogP contribution >= 0.6 is 0 Å². The number of fused-ring (bicyclic) bond motifs is 6. The number of amides is 2. The van der Waals surface area contributed by atoms with Gasteiger partial charge in [0, 0.05) is 11.6 Å². The smallest absolute Gasteiger partial charge is 0.264 e. The summed E-state index contributed by atoms with van der Waals surface area (Å²) < 4.78 is 21.9. The molecule has 0 saturated heterocycles. The van der Waals surface area contributed by atoms with E-state index in [1.165, 1.54) is 14.2 Å². The van der Waals surface area contributed by atoms with Crippen molar-refractivity contribution >= 4 is 23.2 Å². The lowest BCUT2D eigenvalue weighted by Gasteiger charge is -2.40. The number of carbonyl (C=O) groups is 2. The minimum absolute atomic E-state index is 0.128. The SMILES string of the molecule is COc1ccc2c(c1OC)C(=O)N1c3ccccc3C(=O)N(c3ccc4c(c3)OCO4)[C@H]21. The number of hydrogen-bond donors (Lipinski definition) is 0. The van der Waals surface area contributed by atoms with Crippen LogP contribution in [-0.4, -0.2) is 32.8 Å². The van der Waals surface area contributed by atoms with Gasteiger partial charge in [-0.15, -0.1) is 0 Å². The predicted octanol–water partition coefficient (Wildman–Crippen LogP) is 3.75. The molecule has 0 spiro atoms. The van der Waals surface area contributed by atoms with Crippen LogP contribution in [0, 0.1) is 0 Å². The number of rotatable bonds is 3. The largest absolute Gasteiger partial charge is 0.493 e. The molecular formula is C24H18N2O6. The second-order valence-electron chi connectivity index (χ2n) is 7.54. The van der Waals surface area contributed by atoms with Crippen molar-refractivity contribution in [3.05, 3.63) is 71.3 Å². The molecule has 6 rings (SSSR count). The molecule has 0 N–H and O–H groups in total. The Hall–Kier alpha value is -4.20. The number of ether oxygens (including phenoxy) is 4. The maximum atomic E-state index is 13.7. The predicted molar refractivity (Wildman–Crippen MR) is 115 cm³/mol. The molecule has 0 radical (unpaired) electrons. The standard InChI is InChI=1S/C24H18N2O6/c1-29-18-10-8-15-20(21(18)30-2)24(28)26-16-6-4-3-5-14(16)23(27)25(22(15)26)13-7-9-17-19(11-13)32-12-31-17/h3-11,22H,12H2,1-2H3/t22-/m0/s1. The lowest BCUT2D eigenvalue weighted by molar-refractivity contribution is 0.0948. The molecule has 0 unspecified atom stereocenters. The molecule has 0 aromatic heterocycles. The van der Waals surface area contributed by atoms with Crippen molar-refractivity contribution in [2.24, 2.45) is 0 Å². The maximum absolute atomic E-state index is 13.7. The Morgan fingerprint density at radius 3 is 2.50 bits per heavy atom. The summed E-state index contributed by atoms with van der Waals surface area (Å²) in [5, 5.41) is 0. The fourth-order valence-corrected chi connectivity index (χ4v) is 4.64. The first-order valence-corrected chi connectivity index (χ1v) is 10.0. The number of anilines is 2. The van der Waals surface area contributed by atoms with Crippen molar-refractivity contribution in [2.45, 2.75) is 6.17 Å². The first-order valence-electron chi connectivity index (χ1n) is 10.0. The molecule has 3 heterocycles. The van der Waals surface area contributed by atoms with Crippen LogP contribution in [0.5, 0.6) is 23.0 Å². The van der Waals surface area contributed by atoms with Crippen molar-refractivity contribution in [2.75, 3.05) is 30.8 Å². The van der Waals surface area contributed by atoms with E-state index >= 15 is 0 Å². The molecule has 3 aliphatic rings. The van der Waals surface area contributed by atoms with Gasteiger partial charge in [-0.2, -0.15) is 0 Å². The second-order valence-corrected chi connectivity index (χ2v) is 7.54. The summed E-state index contributed by atoms with van der Waals surface area (Å²) in [6, 6.07) is 16.0. The van der Waals surface area contributed by atoms with Gasteiger partial charge in [0.25, 0.3) is 11.8 Å². The summed E-state index contributed by atoms with van der Waals surface area (Å²) in [4.78, 5) is 30.7. The van der Waals surface area contributed by atoms with Crippen LogP contribution in [0.25, 0.3) is 0 Å². The summed E-state index contributed by atoms with van der Waals surface area (Å²) in [6.45, 7) is 0.128. The molecule has 0 fully saturated rings. The van der Waals surface area contributed by atoms with E-state index in [1.807, 2.05) is 6.07 Å². The van der Waals surface area contributed by atoms with Gasteiger partial charge < -0.3 is 18.9 Å². The molecule has 0 saturated carbocycles. The van der Waals surface area contributed by atoms with Crippen LogP contribution in [0.4, 0.5) is 11.4 Å². The van der Waals surface area contributed by atoms with E-state index in [0.717, 1.165) is 0 Å². The molecule has 160 valence electrons. The highest BCUT2D eigenvalue weighted by atomic mass is 16.7. The first-order chi connectivity index (χ1) is 15.6. The van der Waals surface area contributed by atoms with Gasteiger partial charge in [0.05, 0.1) is 36.7 Å². The minimum atomic E-state index is -0.680. The Morgan fingerprint density at radius 1 is 0.875 bits per heavy atom. The number of nitrogens with zero attached hydrogens (tertiary/aromatic N) is 2. The lowest BCUT2D eigenvalue weighted by atomic mass is 10.0. The number of benzene rings is 3. The van der Waals surface area contributed by atoms with Gasteiger partial charge in [0.1, 0.15) is 6.17 Å². The zero-order valence-electron chi connectivity index (χ0n) is 17.3. The van der Waals surface area contributed by atoms with Crippen LogP contribution in [0.15, 0.2) is 54.6 Å². The molecule has 0 bridgehead atoms. The summed E-state index contributed by atoms with van der Waals surface area (Å²) in [7, 11) is 3.02. The molecule has 3 aromatic carbocycles. The second kappa shape index (κ2) is 6.65. The average molecular weight is 430 g/mol. The normalized spacial score (nSPS) is 17.8. The highest BCUT2D eigenvalue weighted by Crippen LogP contribution is 2.51. The summed E-state index contributed by atoms with van der Waals surface area (Å²) >= 11 is 0. The van der Waals surface area contributed by atoms with Crippen molar-refractivity contribution in [1.82, 2.24) is 0 Å². The zero-order chi connectivity index (χ0) is 22.0. The minimum Gasteiger partial charge on any atom is -0.493 e. The first kappa shape index (κ1) is 18.6. The van der Waals surface area contributed by atoms with Gasteiger partial charge >= 0.3 is 0 Å². The Kier molecular flexibility index (Phi) is 3.86. The summed E-state index contributed by atoms with van der Waals surface area (Å²) in [5.74, 6) is 1.50. The zero-order valence-corrected chi connectivity index (χ0v) is 17.3. The quantitative estimate of drug-likeness (QED) is 0.630. The van der Waals surface area contributed by atoms with E-state index in [1.54, 1.807) is 58.3 Å². The average Bonchev–Trinajstić information content (AvgIpc) is 3.41. The van der Waals surface area contributed by atoms with Crippen molar-refractivity contribution in [3.63, 3.8) is 0 Å². The van der Waals surface area contributed by atoms with Crippen LogP contribution in [0.2, 0.25) is 0 Å². The van der Waals surface area contributed by atoms with Gasteiger partial charge in [-0.25, -0.2) is 0 Å². The molecule has 8 nitrogen and oxygen atoms in total. The topological polar surface area (TPSA) is 77.5 Å². The van der Waals surface area contributed by atoms with E-state index in [2.05, 4.69) is 0 Å². The molecule has 1 atom stereocenters. The highest BCUT2D eigenvalue weighted by Gasteiger charge is 2.50. The number of hydrogen-bond acceptors (Lipinski definition) is 6. The third-order valence-corrected chi connectivity index (χ3v) is 6.02. The monoisotopic (exact) mass is 430 g/mol. The van der Waals surface area contributed by atoms with Crippen LogP contribution in [0.3, 0.4) is 0 Å². The molecular weight excluding hydrogens is 412 g/mol. The third kappa shape index (κ3) is 2.31. The van der Waals surface area contributed by atoms with Crippen molar-refractivity contribution < 1.29 is 28.5 Å². The molecule has 8 heteroatoms. The van der Waals surface area contributed by atoms with Crippen molar-refractivity contribution in [1.29, 1.82) is 0 Å². The molecule has 3 aliphatic heterocycles. The van der Waals surface area contributed by atoms with Crippen molar-refractivity contribution in [3.8, 4) is 23.0 Å². The number of para-hydroxylation sites is 1. The van der Waals surface area contributed by atoms with Gasteiger partial charge in [-0.1, -0.05) is 18.2 Å². The van der Waals surface area contributed by atoms with Crippen LogP contribution in [-0.2, 0) is 0 Å². The fraction of sp³-hybridized carbons (Fsp3) is 0.167. The molecule has 0 aliphatic carbocycles. The van der Waals surface area contributed by atoms with E-state index < -0.39 is 6.17 Å². The Labute approximate surface area is 183 Å². The highest BCUT2D eigenvalue weighted by molar-refractivity contribution is 6.22. The number of carbonyl (C=O) groups excluding carboxylic acids is 2. The Balaban J connectivity index is 1.61. The maximum Gasteiger partial charge on any atom is 0.264 e. The van der Waals surface area contributed by atoms with E-state index in [9.17, 15) is 9.59 Å². The van der Waals surface area contributed by atoms with E-state index in [4.69, 9.17) is 18.9 Å².